The third kappa shape index (κ3) is 1.93. The number of hydrogen-bond donors (Lipinski definition) is 0. The summed E-state index contributed by atoms with van der Waals surface area (Å²) in [5, 5.41) is 0. The van der Waals surface area contributed by atoms with Crippen LogP contribution in [0, 0.1) is 6.92 Å². The molecular weight excluding hydrogens is 194 g/mol. The first kappa shape index (κ1) is 9.59. The van der Waals surface area contributed by atoms with Crippen molar-refractivity contribution in [2.24, 2.45) is 0 Å². The third-order valence-electron chi connectivity index (χ3n) is 2.34. The number of aryl methyl sites for hydroxylation is 1. The molecule has 1 aliphatic rings. The summed E-state index contributed by atoms with van der Waals surface area (Å²) in [5.74, 6) is 2.07. The molecule has 2 rings (SSSR count). The van der Waals surface area contributed by atoms with Gasteiger partial charge in [0.25, 0.3) is 5.91 Å². The minimum absolute atomic E-state index is 0.162. The van der Waals surface area contributed by atoms with Crippen molar-refractivity contribution in [3.05, 3.63) is 35.4 Å². The van der Waals surface area contributed by atoms with E-state index in [0.29, 0.717) is 0 Å². The van der Waals surface area contributed by atoms with E-state index >= 15 is 0 Å². The van der Waals surface area contributed by atoms with Crippen LogP contribution in [-0.2, 0) is 0 Å². The van der Waals surface area contributed by atoms with Crippen molar-refractivity contribution in [3.8, 4) is 0 Å². The first-order chi connectivity index (χ1) is 6.77. The topological polar surface area (TPSA) is 20.3 Å². The number of thioether (sulfide) groups is 1. The smallest absolute Gasteiger partial charge is 0.254 e. The molecule has 0 atom stereocenters. The van der Waals surface area contributed by atoms with Gasteiger partial charge in [0.15, 0.2) is 0 Å². The van der Waals surface area contributed by atoms with E-state index < -0.39 is 0 Å². The first-order valence-corrected chi connectivity index (χ1v) is 5.86. The van der Waals surface area contributed by atoms with Crippen molar-refractivity contribution in [3.63, 3.8) is 0 Å². The molecule has 2 nitrogen and oxygen atoms in total. The first-order valence-electron chi connectivity index (χ1n) is 4.71. The van der Waals surface area contributed by atoms with Crippen molar-refractivity contribution < 1.29 is 4.79 Å². The van der Waals surface area contributed by atoms with E-state index in [1.807, 2.05) is 47.9 Å². The maximum atomic E-state index is 11.9. The van der Waals surface area contributed by atoms with Gasteiger partial charge in [0.05, 0.1) is 5.88 Å². The Morgan fingerprint density at radius 2 is 2.07 bits per heavy atom. The Morgan fingerprint density at radius 1 is 1.36 bits per heavy atom. The van der Waals surface area contributed by atoms with E-state index in [0.717, 1.165) is 23.7 Å². The number of benzene rings is 1. The lowest BCUT2D eigenvalue weighted by Crippen LogP contribution is -2.27. The second-order valence-corrected chi connectivity index (χ2v) is 4.55. The summed E-state index contributed by atoms with van der Waals surface area (Å²) in [7, 11) is 0. The van der Waals surface area contributed by atoms with Crippen LogP contribution in [0.25, 0.3) is 0 Å². The summed E-state index contributed by atoms with van der Waals surface area (Å²) in [6.07, 6.45) is 0. The average Bonchev–Trinajstić information content (AvgIpc) is 2.71. The fraction of sp³-hybridized carbons (Fsp3) is 0.364. The molecule has 3 heteroatoms. The Kier molecular flexibility index (Phi) is 2.77. The van der Waals surface area contributed by atoms with Crippen LogP contribution in [-0.4, -0.2) is 29.0 Å². The Bertz CT molecular complexity index is 328. The van der Waals surface area contributed by atoms with E-state index in [2.05, 4.69) is 0 Å². The lowest BCUT2D eigenvalue weighted by molar-refractivity contribution is 0.0803. The highest BCUT2D eigenvalue weighted by molar-refractivity contribution is 7.99. The molecule has 1 fully saturated rings. The van der Waals surface area contributed by atoms with Crippen LogP contribution in [0.5, 0.6) is 0 Å². The van der Waals surface area contributed by atoms with Gasteiger partial charge in [0, 0.05) is 17.9 Å². The number of rotatable bonds is 1. The number of nitrogens with zero attached hydrogens (tertiary/aromatic N) is 1. The number of carbonyl (C=O) groups is 1. The van der Waals surface area contributed by atoms with Gasteiger partial charge in [0.2, 0.25) is 0 Å². The van der Waals surface area contributed by atoms with Crippen molar-refractivity contribution >= 4 is 17.7 Å². The molecule has 1 aromatic rings. The molecule has 0 unspecified atom stereocenters. The number of amides is 1. The summed E-state index contributed by atoms with van der Waals surface area (Å²) in [4.78, 5) is 13.8. The predicted octanol–water partition coefficient (Wildman–Crippen LogP) is 2.14. The van der Waals surface area contributed by atoms with Gasteiger partial charge in [-0.25, -0.2) is 0 Å². The Labute approximate surface area is 88.3 Å². The standard InChI is InChI=1S/C11H13NOS/c1-9-2-4-10(5-3-9)11(13)12-6-7-14-8-12/h2-5H,6-8H2,1H3. The molecule has 0 aromatic heterocycles. The van der Waals surface area contributed by atoms with Crippen LogP contribution >= 0.6 is 11.8 Å². The molecule has 0 spiro atoms. The Morgan fingerprint density at radius 3 is 2.64 bits per heavy atom. The van der Waals surface area contributed by atoms with Crippen LogP contribution in [0.2, 0.25) is 0 Å². The van der Waals surface area contributed by atoms with Crippen LogP contribution in [0.4, 0.5) is 0 Å². The van der Waals surface area contributed by atoms with E-state index in [1.54, 1.807) is 0 Å². The fourth-order valence-corrected chi connectivity index (χ4v) is 2.40. The Hall–Kier alpha value is -0.960. The van der Waals surface area contributed by atoms with E-state index in [1.165, 1.54) is 5.56 Å². The zero-order chi connectivity index (χ0) is 9.97. The van der Waals surface area contributed by atoms with E-state index in [4.69, 9.17) is 0 Å². The molecule has 0 saturated carbocycles. The highest BCUT2D eigenvalue weighted by atomic mass is 32.2. The summed E-state index contributed by atoms with van der Waals surface area (Å²) >= 11 is 1.81. The predicted molar refractivity (Wildman–Crippen MR) is 59.5 cm³/mol. The molecule has 74 valence electrons. The maximum absolute atomic E-state index is 11.9. The SMILES string of the molecule is Cc1ccc(C(=O)N2CCSC2)cc1. The molecule has 0 aliphatic carbocycles. The van der Waals surface area contributed by atoms with Crippen LogP contribution < -0.4 is 0 Å². The largest absolute Gasteiger partial charge is 0.329 e. The zero-order valence-electron chi connectivity index (χ0n) is 8.19. The minimum Gasteiger partial charge on any atom is -0.329 e. The summed E-state index contributed by atoms with van der Waals surface area (Å²) in [6, 6.07) is 7.77. The monoisotopic (exact) mass is 207 g/mol. The van der Waals surface area contributed by atoms with Gasteiger partial charge < -0.3 is 4.90 Å². The molecule has 0 radical (unpaired) electrons. The van der Waals surface area contributed by atoms with Gasteiger partial charge in [-0.05, 0) is 19.1 Å². The second kappa shape index (κ2) is 4.05. The maximum Gasteiger partial charge on any atom is 0.254 e. The summed E-state index contributed by atoms with van der Waals surface area (Å²) in [6.45, 7) is 2.91. The molecular formula is C11H13NOS. The van der Waals surface area contributed by atoms with E-state index in [9.17, 15) is 4.79 Å². The normalized spacial score (nSPS) is 15.9. The van der Waals surface area contributed by atoms with Crippen LogP contribution in [0.1, 0.15) is 15.9 Å². The molecule has 1 amide bonds. The third-order valence-corrected chi connectivity index (χ3v) is 3.30. The highest BCUT2D eigenvalue weighted by Gasteiger charge is 2.19. The highest BCUT2D eigenvalue weighted by Crippen LogP contribution is 2.16. The van der Waals surface area contributed by atoms with Gasteiger partial charge in [-0.2, -0.15) is 0 Å². The minimum atomic E-state index is 0.162. The lowest BCUT2D eigenvalue weighted by atomic mass is 10.1. The molecule has 1 saturated heterocycles. The molecule has 1 aliphatic heterocycles. The lowest BCUT2D eigenvalue weighted by Gasteiger charge is -2.14. The van der Waals surface area contributed by atoms with Gasteiger partial charge in [0.1, 0.15) is 0 Å². The summed E-state index contributed by atoms with van der Waals surface area (Å²) < 4.78 is 0. The van der Waals surface area contributed by atoms with Gasteiger partial charge in [-0.3, -0.25) is 4.79 Å². The van der Waals surface area contributed by atoms with Crippen LogP contribution in [0.3, 0.4) is 0 Å². The molecule has 1 aromatic carbocycles. The Balaban J connectivity index is 2.14. The van der Waals surface area contributed by atoms with Gasteiger partial charge in [-0.15, -0.1) is 11.8 Å². The zero-order valence-corrected chi connectivity index (χ0v) is 9.01. The summed E-state index contributed by atoms with van der Waals surface area (Å²) in [5.41, 5.74) is 2.00. The molecule has 0 N–H and O–H groups in total. The average molecular weight is 207 g/mol. The van der Waals surface area contributed by atoms with Crippen molar-refractivity contribution in [2.75, 3.05) is 18.2 Å². The van der Waals surface area contributed by atoms with Crippen LogP contribution in [0.15, 0.2) is 24.3 Å². The van der Waals surface area contributed by atoms with E-state index in [-0.39, 0.29) is 5.91 Å². The van der Waals surface area contributed by atoms with Crippen molar-refractivity contribution in [1.82, 2.24) is 4.90 Å². The van der Waals surface area contributed by atoms with Crippen molar-refractivity contribution in [1.29, 1.82) is 0 Å². The number of carbonyl (C=O) groups excluding carboxylic acids is 1. The number of hydrogen-bond acceptors (Lipinski definition) is 2. The molecule has 14 heavy (non-hydrogen) atoms. The van der Waals surface area contributed by atoms with Gasteiger partial charge in [-0.1, -0.05) is 17.7 Å². The van der Waals surface area contributed by atoms with Crippen molar-refractivity contribution in [2.45, 2.75) is 6.92 Å². The quantitative estimate of drug-likeness (QED) is 0.703. The molecule has 1 heterocycles. The molecule has 0 bridgehead atoms. The second-order valence-electron chi connectivity index (χ2n) is 3.47. The van der Waals surface area contributed by atoms with Gasteiger partial charge >= 0.3 is 0 Å². The fourth-order valence-electron chi connectivity index (χ4n) is 1.45.